The average Bonchev–Trinajstić information content (AvgIpc) is 2.99. The lowest BCUT2D eigenvalue weighted by Crippen LogP contribution is -2.37. The van der Waals surface area contributed by atoms with Crippen molar-refractivity contribution in [2.24, 2.45) is 0 Å². The van der Waals surface area contributed by atoms with Gasteiger partial charge in [-0.2, -0.15) is 4.98 Å². The first-order valence-corrected chi connectivity index (χ1v) is 7.54. The summed E-state index contributed by atoms with van der Waals surface area (Å²) in [5.41, 5.74) is -0.530. The van der Waals surface area contributed by atoms with Crippen LogP contribution in [0.3, 0.4) is 0 Å². The fourth-order valence-corrected chi connectivity index (χ4v) is 2.42. The van der Waals surface area contributed by atoms with Crippen LogP contribution in [0.5, 0.6) is 0 Å². The molecule has 7 heteroatoms. The minimum absolute atomic E-state index is 0.333. The van der Waals surface area contributed by atoms with Gasteiger partial charge in [0.15, 0.2) is 0 Å². The zero-order valence-electron chi connectivity index (χ0n) is 13.0. The van der Waals surface area contributed by atoms with Crippen LogP contribution in [0.2, 0.25) is 0 Å². The molecule has 1 aliphatic rings. The van der Waals surface area contributed by atoms with Gasteiger partial charge in [-0.1, -0.05) is 5.16 Å². The topological polar surface area (TPSA) is 75.8 Å². The second-order valence-corrected chi connectivity index (χ2v) is 4.74. The van der Waals surface area contributed by atoms with Gasteiger partial charge in [-0.3, -0.25) is 0 Å². The molecular formula is C14H24N2O5. The Morgan fingerprint density at radius 3 is 2.33 bits per heavy atom. The molecule has 0 unspecified atom stereocenters. The van der Waals surface area contributed by atoms with E-state index in [1.54, 1.807) is 0 Å². The van der Waals surface area contributed by atoms with Crippen LogP contribution in [0.15, 0.2) is 4.52 Å². The Morgan fingerprint density at radius 2 is 1.76 bits per heavy atom. The summed E-state index contributed by atoms with van der Waals surface area (Å²) in [6.07, 6.45) is 0.807. The summed E-state index contributed by atoms with van der Waals surface area (Å²) in [4.78, 5) is 4.45. The van der Waals surface area contributed by atoms with Crippen LogP contribution in [-0.4, -0.2) is 43.2 Å². The van der Waals surface area contributed by atoms with Crippen LogP contribution in [0.25, 0.3) is 0 Å². The van der Waals surface area contributed by atoms with Gasteiger partial charge in [0.05, 0.1) is 0 Å². The molecule has 1 aromatic heterocycles. The van der Waals surface area contributed by atoms with Gasteiger partial charge in [0.2, 0.25) is 12.1 Å². The summed E-state index contributed by atoms with van der Waals surface area (Å²) < 4.78 is 27.6. The number of aromatic nitrogens is 2. The quantitative estimate of drug-likeness (QED) is 0.681. The van der Waals surface area contributed by atoms with Crippen molar-refractivity contribution in [3.05, 3.63) is 11.7 Å². The molecule has 0 saturated carbocycles. The molecule has 0 spiro atoms. The third-order valence-corrected chi connectivity index (χ3v) is 3.41. The zero-order valence-corrected chi connectivity index (χ0v) is 13.0. The Bertz CT molecular complexity index is 406. The second kappa shape index (κ2) is 7.84. The van der Waals surface area contributed by atoms with Gasteiger partial charge in [-0.15, -0.1) is 0 Å². The van der Waals surface area contributed by atoms with Crippen molar-refractivity contribution in [2.75, 3.05) is 33.0 Å². The molecule has 7 nitrogen and oxygen atoms in total. The molecule has 1 aromatic rings. The van der Waals surface area contributed by atoms with Crippen molar-refractivity contribution in [3.63, 3.8) is 0 Å². The third kappa shape index (κ3) is 3.79. The fraction of sp³-hybridized carbons (Fsp3) is 0.857. The van der Waals surface area contributed by atoms with Gasteiger partial charge in [0, 0.05) is 45.9 Å². The highest BCUT2D eigenvalue weighted by Crippen LogP contribution is 2.35. The number of rotatable bonds is 8. The van der Waals surface area contributed by atoms with E-state index in [1.165, 1.54) is 0 Å². The summed E-state index contributed by atoms with van der Waals surface area (Å²) in [5, 5.41) is 4.09. The van der Waals surface area contributed by atoms with E-state index >= 15 is 0 Å². The van der Waals surface area contributed by atoms with Gasteiger partial charge in [0.1, 0.15) is 5.60 Å². The lowest BCUT2D eigenvalue weighted by atomic mass is 9.93. The first-order valence-electron chi connectivity index (χ1n) is 7.54. The van der Waals surface area contributed by atoms with E-state index in [-0.39, 0.29) is 0 Å². The van der Waals surface area contributed by atoms with Gasteiger partial charge in [0.25, 0.3) is 5.89 Å². The third-order valence-electron chi connectivity index (χ3n) is 3.41. The molecule has 120 valence electrons. The maximum atomic E-state index is 5.92. The smallest absolute Gasteiger partial charge is 0.283 e. The standard InChI is InChI=1S/C14H24N2O5/c1-4-18-12(19-5-2)11-15-13(16-21-11)14(20-6-3)7-9-17-10-8-14/h12H,4-10H2,1-3H3. The Labute approximate surface area is 124 Å². The van der Waals surface area contributed by atoms with Gasteiger partial charge in [-0.25, -0.2) is 0 Å². The number of nitrogens with zero attached hydrogens (tertiary/aromatic N) is 2. The minimum Gasteiger partial charge on any atom is -0.381 e. The molecule has 2 heterocycles. The van der Waals surface area contributed by atoms with Crippen molar-refractivity contribution in [2.45, 2.75) is 45.5 Å². The second-order valence-electron chi connectivity index (χ2n) is 4.74. The van der Waals surface area contributed by atoms with Crippen LogP contribution in [0.4, 0.5) is 0 Å². The Kier molecular flexibility index (Phi) is 6.10. The summed E-state index contributed by atoms with van der Waals surface area (Å²) >= 11 is 0. The zero-order chi connectivity index (χ0) is 15.1. The summed E-state index contributed by atoms with van der Waals surface area (Å²) in [7, 11) is 0. The Hall–Kier alpha value is -1.02. The molecule has 21 heavy (non-hydrogen) atoms. The molecule has 1 aliphatic heterocycles. The molecule has 1 fully saturated rings. The SMILES string of the molecule is CCOC(OCC)c1nc(C2(OCC)CCOCC2)no1. The highest BCUT2D eigenvalue weighted by atomic mass is 16.7. The fourth-order valence-electron chi connectivity index (χ4n) is 2.42. The van der Waals surface area contributed by atoms with Crippen molar-refractivity contribution in [1.82, 2.24) is 10.1 Å². The van der Waals surface area contributed by atoms with E-state index in [0.717, 1.165) is 0 Å². The molecule has 0 atom stereocenters. The molecule has 1 saturated heterocycles. The lowest BCUT2D eigenvalue weighted by Gasteiger charge is -2.33. The van der Waals surface area contributed by atoms with Gasteiger partial charge >= 0.3 is 0 Å². The van der Waals surface area contributed by atoms with Crippen molar-refractivity contribution >= 4 is 0 Å². The first kappa shape index (κ1) is 16.4. The normalized spacial score (nSPS) is 18.3. The van der Waals surface area contributed by atoms with Crippen molar-refractivity contribution in [3.8, 4) is 0 Å². The highest BCUT2D eigenvalue weighted by molar-refractivity contribution is 5.03. The highest BCUT2D eigenvalue weighted by Gasteiger charge is 2.40. The lowest BCUT2D eigenvalue weighted by molar-refractivity contribution is -0.155. The van der Waals surface area contributed by atoms with Crippen molar-refractivity contribution < 1.29 is 23.5 Å². The molecule has 0 N–H and O–H groups in total. The monoisotopic (exact) mass is 300 g/mol. The maximum Gasteiger partial charge on any atom is 0.283 e. The van der Waals surface area contributed by atoms with Crippen LogP contribution in [0, 0.1) is 0 Å². The number of hydrogen-bond acceptors (Lipinski definition) is 7. The summed E-state index contributed by atoms with van der Waals surface area (Å²) in [6, 6.07) is 0. The summed E-state index contributed by atoms with van der Waals surface area (Å²) in [5.74, 6) is 0.881. The first-order chi connectivity index (χ1) is 10.3. The molecule has 0 aliphatic carbocycles. The predicted molar refractivity (Wildman–Crippen MR) is 73.6 cm³/mol. The van der Waals surface area contributed by atoms with E-state index in [1.807, 2.05) is 20.8 Å². The Balaban J connectivity index is 2.19. The molecular weight excluding hydrogens is 276 g/mol. The molecule has 0 aromatic carbocycles. The molecule has 0 amide bonds. The largest absolute Gasteiger partial charge is 0.381 e. The average molecular weight is 300 g/mol. The maximum absolute atomic E-state index is 5.92. The molecule has 0 radical (unpaired) electrons. The minimum atomic E-state index is -0.625. The number of ether oxygens (including phenoxy) is 4. The van der Waals surface area contributed by atoms with E-state index in [4.69, 9.17) is 23.5 Å². The van der Waals surface area contributed by atoms with E-state index in [0.29, 0.717) is 57.6 Å². The Morgan fingerprint density at radius 1 is 1.10 bits per heavy atom. The van der Waals surface area contributed by atoms with E-state index in [9.17, 15) is 0 Å². The van der Waals surface area contributed by atoms with Gasteiger partial charge in [-0.05, 0) is 20.8 Å². The van der Waals surface area contributed by atoms with E-state index in [2.05, 4.69) is 10.1 Å². The predicted octanol–water partition coefficient (Wildman–Crippen LogP) is 2.18. The summed E-state index contributed by atoms with van der Waals surface area (Å²) in [6.45, 7) is 8.60. The van der Waals surface area contributed by atoms with Gasteiger partial charge < -0.3 is 23.5 Å². The van der Waals surface area contributed by atoms with Crippen LogP contribution >= 0.6 is 0 Å². The van der Waals surface area contributed by atoms with Crippen LogP contribution in [-0.2, 0) is 24.5 Å². The van der Waals surface area contributed by atoms with E-state index < -0.39 is 11.9 Å². The van der Waals surface area contributed by atoms with Crippen LogP contribution < -0.4 is 0 Å². The number of hydrogen-bond donors (Lipinski definition) is 0. The molecule has 2 rings (SSSR count). The molecule has 0 bridgehead atoms. The van der Waals surface area contributed by atoms with Crippen LogP contribution in [0.1, 0.15) is 51.6 Å². The van der Waals surface area contributed by atoms with Crippen molar-refractivity contribution in [1.29, 1.82) is 0 Å².